The van der Waals surface area contributed by atoms with Crippen LogP contribution in [0.25, 0.3) is 0 Å². The fourth-order valence-electron chi connectivity index (χ4n) is 2.92. The van der Waals surface area contributed by atoms with E-state index >= 15 is 0 Å². The lowest BCUT2D eigenvalue weighted by atomic mass is 9.76. The van der Waals surface area contributed by atoms with Crippen molar-refractivity contribution < 1.29 is 13.2 Å². The van der Waals surface area contributed by atoms with E-state index in [1.165, 1.54) is 12.1 Å². The predicted molar refractivity (Wildman–Crippen MR) is 65.2 cm³/mol. The summed E-state index contributed by atoms with van der Waals surface area (Å²) in [7, 11) is 0. The molecule has 1 N–H and O–H groups in total. The molecule has 1 fully saturated rings. The quantitative estimate of drug-likeness (QED) is 0.846. The van der Waals surface area contributed by atoms with Gasteiger partial charge in [0.05, 0.1) is 5.56 Å². The highest BCUT2D eigenvalue weighted by atomic mass is 19.4. The van der Waals surface area contributed by atoms with E-state index in [0.717, 1.165) is 19.4 Å². The second-order valence-corrected chi connectivity index (χ2v) is 5.20. The second-order valence-electron chi connectivity index (χ2n) is 5.20. The Bertz CT molecular complexity index is 417. The summed E-state index contributed by atoms with van der Waals surface area (Å²) in [5.74, 6) is 0.128. The van der Waals surface area contributed by atoms with Crippen LogP contribution in [-0.2, 0) is 11.7 Å². The molecule has 1 aromatic rings. The van der Waals surface area contributed by atoms with Crippen LogP contribution in [0.5, 0.6) is 0 Å². The van der Waals surface area contributed by atoms with Gasteiger partial charge in [-0.2, -0.15) is 13.2 Å². The number of alkyl halides is 3. The van der Waals surface area contributed by atoms with E-state index in [-0.39, 0.29) is 5.92 Å². The molecule has 1 heterocycles. The molecule has 0 spiro atoms. The first-order valence-electron chi connectivity index (χ1n) is 6.29. The zero-order chi connectivity index (χ0) is 13.4. The van der Waals surface area contributed by atoms with Gasteiger partial charge in [-0.05, 0) is 36.9 Å². The molecule has 0 radical (unpaired) electrons. The van der Waals surface area contributed by atoms with Crippen LogP contribution in [0.2, 0.25) is 0 Å². The van der Waals surface area contributed by atoms with Crippen molar-refractivity contribution in [3.8, 4) is 0 Å². The zero-order valence-electron chi connectivity index (χ0n) is 10.6. The highest BCUT2D eigenvalue weighted by Gasteiger charge is 2.44. The molecule has 4 heteroatoms. The maximum Gasteiger partial charge on any atom is 0.416 e. The van der Waals surface area contributed by atoms with E-state index in [1.54, 1.807) is 12.1 Å². The van der Waals surface area contributed by atoms with Gasteiger partial charge in [0, 0.05) is 5.54 Å². The van der Waals surface area contributed by atoms with Crippen LogP contribution >= 0.6 is 0 Å². The minimum absolute atomic E-state index is 0.128. The van der Waals surface area contributed by atoms with Gasteiger partial charge in [-0.15, -0.1) is 0 Å². The number of hydrogen-bond acceptors (Lipinski definition) is 1. The molecule has 1 aliphatic rings. The first-order valence-corrected chi connectivity index (χ1v) is 6.29. The van der Waals surface area contributed by atoms with Gasteiger partial charge in [0.2, 0.25) is 0 Å². The third-order valence-electron chi connectivity index (χ3n) is 3.89. The maximum absolute atomic E-state index is 13.1. The van der Waals surface area contributed by atoms with E-state index in [1.807, 2.05) is 13.8 Å². The molecule has 2 rings (SSSR count). The number of rotatable bonds is 2. The smallest absolute Gasteiger partial charge is 0.307 e. The predicted octanol–water partition coefficient (Wildman–Crippen LogP) is 3.94. The summed E-state index contributed by atoms with van der Waals surface area (Å²) >= 11 is 0. The van der Waals surface area contributed by atoms with Crippen LogP contribution in [-0.4, -0.2) is 6.54 Å². The van der Waals surface area contributed by atoms with Crippen molar-refractivity contribution in [3.05, 3.63) is 35.4 Å². The molecule has 0 aliphatic carbocycles. The van der Waals surface area contributed by atoms with Crippen LogP contribution < -0.4 is 5.32 Å². The Morgan fingerprint density at radius 2 is 1.89 bits per heavy atom. The van der Waals surface area contributed by atoms with Crippen molar-refractivity contribution in [1.82, 2.24) is 5.32 Å². The second kappa shape index (κ2) is 4.57. The topological polar surface area (TPSA) is 12.0 Å². The van der Waals surface area contributed by atoms with Gasteiger partial charge in [0.1, 0.15) is 0 Å². The summed E-state index contributed by atoms with van der Waals surface area (Å²) in [6.07, 6.45) is -2.61. The average molecular weight is 257 g/mol. The first kappa shape index (κ1) is 13.4. The third kappa shape index (κ3) is 2.14. The summed E-state index contributed by atoms with van der Waals surface area (Å²) < 4.78 is 39.3. The average Bonchev–Trinajstić information content (AvgIpc) is 2.78. The van der Waals surface area contributed by atoms with Crippen molar-refractivity contribution >= 4 is 0 Å². The Hall–Kier alpha value is -1.03. The number of benzene rings is 1. The monoisotopic (exact) mass is 257 g/mol. The SMILES string of the molecule is CC(C)C1(c2ccccc2C(F)(F)F)CCCN1. The van der Waals surface area contributed by atoms with Gasteiger partial charge < -0.3 is 5.32 Å². The van der Waals surface area contributed by atoms with Crippen LogP contribution in [0.3, 0.4) is 0 Å². The van der Waals surface area contributed by atoms with Crippen molar-refractivity contribution in [2.24, 2.45) is 5.92 Å². The van der Waals surface area contributed by atoms with Crippen LogP contribution in [0, 0.1) is 5.92 Å². The van der Waals surface area contributed by atoms with Crippen LogP contribution in [0.1, 0.15) is 37.8 Å². The fraction of sp³-hybridized carbons (Fsp3) is 0.571. The molecule has 0 amide bonds. The molecule has 1 saturated heterocycles. The molecule has 1 aliphatic heterocycles. The number of halogens is 3. The summed E-state index contributed by atoms with van der Waals surface area (Å²) in [5.41, 5.74) is -0.648. The van der Waals surface area contributed by atoms with E-state index in [2.05, 4.69) is 5.32 Å². The lowest BCUT2D eigenvalue weighted by Crippen LogP contribution is -2.43. The fourth-order valence-corrected chi connectivity index (χ4v) is 2.92. The van der Waals surface area contributed by atoms with Crippen molar-refractivity contribution in [2.45, 2.75) is 38.4 Å². The molecule has 1 aromatic carbocycles. The summed E-state index contributed by atoms with van der Waals surface area (Å²) in [6.45, 7) is 4.74. The van der Waals surface area contributed by atoms with Gasteiger partial charge in [-0.25, -0.2) is 0 Å². The molecular weight excluding hydrogens is 239 g/mol. The molecule has 100 valence electrons. The van der Waals surface area contributed by atoms with Crippen LogP contribution in [0.4, 0.5) is 13.2 Å². The van der Waals surface area contributed by atoms with E-state index in [4.69, 9.17) is 0 Å². The summed E-state index contributed by atoms with van der Waals surface area (Å²) in [5, 5.41) is 3.30. The molecule has 1 atom stereocenters. The minimum atomic E-state index is -4.29. The maximum atomic E-state index is 13.1. The normalized spacial score (nSPS) is 24.8. The van der Waals surface area contributed by atoms with Gasteiger partial charge in [0.15, 0.2) is 0 Å². The lowest BCUT2D eigenvalue weighted by molar-refractivity contribution is -0.139. The molecule has 18 heavy (non-hydrogen) atoms. The Balaban J connectivity index is 2.56. The first-order chi connectivity index (χ1) is 8.38. The minimum Gasteiger partial charge on any atom is -0.307 e. The number of hydrogen-bond donors (Lipinski definition) is 1. The molecule has 0 saturated carbocycles. The standard InChI is InChI=1S/C14H18F3N/c1-10(2)13(8-5-9-18-13)11-6-3-4-7-12(11)14(15,16)17/h3-4,6-7,10,18H,5,8-9H2,1-2H3. The van der Waals surface area contributed by atoms with E-state index in [9.17, 15) is 13.2 Å². The highest BCUT2D eigenvalue weighted by molar-refractivity contribution is 5.37. The Morgan fingerprint density at radius 1 is 1.22 bits per heavy atom. The van der Waals surface area contributed by atoms with Crippen LogP contribution in [0.15, 0.2) is 24.3 Å². The lowest BCUT2D eigenvalue weighted by Gasteiger charge is -2.36. The molecule has 0 bridgehead atoms. The van der Waals surface area contributed by atoms with Gasteiger partial charge >= 0.3 is 6.18 Å². The molecule has 0 aromatic heterocycles. The molecular formula is C14H18F3N. The van der Waals surface area contributed by atoms with Crippen molar-refractivity contribution in [3.63, 3.8) is 0 Å². The third-order valence-corrected chi connectivity index (χ3v) is 3.89. The van der Waals surface area contributed by atoms with Crippen molar-refractivity contribution in [1.29, 1.82) is 0 Å². The van der Waals surface area contributed by atoms with Gasteiger partial charge in [-0.3, -0.25) is 0 Å². The largest absolute Gasteiger partial charge is 0.416 e. The van der Waals surface area contributed by atoms with Gasteiger partial charge in [-0.1, -0.05) is 32.0 Å². The highest BCUT2D eigenvalue weighted by Crippen LogP contribution is 2.43. The summed E-state index contributed by atoms with van der Waals surface area (Å²) in [6, 6.07) is 5.94. The number of nitrogens with one attached hydrogen (secondary N) is 1. The Labute approximate surface area is 105 Å². The van der Waals surface area contributed by atoms with E-state index < -0.39 is 17.3 Å². The summed E-state index contributed by atoms with van der Waals surface area (Å²) in [4.78, 5) is 0. The molecule has 1 nitrogen and oxygen atoms in total. The van der Waals surface area contributed by atoms with Crippen molar-refractivity contribution in [2.75, 3.05) is 6.54 Å². The Morgan fingerprint density at radius 3 is 2.39 bits per heavy atom. The van der Waals surface area contributed by atoms with E-state index in [0.29, 0.717) is 5.56 Å². The zero-order valence-corrected chi connectivity index (χ0v) is 10.6. The Kier molecular flexibility index (Phi) is 3.41. The molecule has 1 unspecified atom stereocenters. The van der Waals surface area contributed by atoms with Gasteiger partial charge in [0.25, 0.3) is 0 Å².